The van der Waals surface area contributed by atoms with Crippen LogP contribution in [0.1, 0.15) is 12.5 Å². The summed E-state index contributed by atoms with van der Waals surface area (Å²) in [5.41, 5.74) is 4.17. The fourth-order valence-corrected chi connectivity index (χ4v) is 4.46. The van der Waals surface area contributed by atoms with Crippen molar-refractivity contribution in [1.29, 1.82) is 0 Å². The van der Waals surface area contributed by atoms with Crippen LogP contribution in [0.2, 0.25) is 0 Å². The van der Waals surface area contributed by atoms with Gasteiger partial charge in [0.2, 0.25) is 15.9 Å². The van der Waals surface area contributed by atoms with E-state index in [4.69, 9.17) is 5.73 Å². The Morgan fingerprint density at radius 3 is 2.35 bits per heavy atom. The van der Waals surface area contributed by atoms with Gasteiger partial charge in [0.15, 0.2) is 0 Å². The van der Waals surface area contributed by atoms with Gasteiger partial charge in [-0.15, -0.1) is 0 Å². The smallest absolute Gasteiger partial charge is 0.243 e. The van der Waals surface area contributed by atoms with Crippen LogP contribution in [-0.4, -0.2) is 14.3 Å². The van der Waals surface area contributed by atoms with Gasteiger partial charge >= 0.3 is 0 Å². The first-order chi connectivity index (χ1) is 10.7. The van der Waals surface area contributed by atoms with Crippen molar-refractivity contribution in [3.05, 3.63) is 64.4 Å². The average Bonchev–Trinajstić information content (AvgIpc) is 2.47. The first-order valence-electron chi connectivity index (χ1n) is 6.51. The van der Waals surface area contributed by atoms with Crippen molar-refractivity contribution in [1.82, 2.24) is 4.72 Å². The predicted octanol–water partition coefficient (Wildman–Crippen LogP) is 2.27. The van der Waals surface area contributed by atoms with E-state index >= 15 is 0 Å². The molecule has 2 aromatic carbocycles. The fourth-order valence-electron chi connectivity index (χ4n) is 2.04. The van der Waals surface area contributed by atoms with Crippen LogP contribution < -0.4 is 10.5 Å². The predicted molar refractivity (Wildman–Crippen MR) is 87.4 cm³/mol. The molecule has 3 N–H and O–H groups in total. The number of primary amides is 1. The van der Waals surface area contributed by atoms with E-state index in [1.807, 2.05) is 0 Å². The molecule has 1 atom stereocenters. The Balaban J connectivity index is 2.50. The van der Waals surface area contributed by atoms with E-state index in [-0.39, 0.29) is 9.37 Å². The normalized spacial score (nSPS) is 14.2. The van der Waals surface area contributed by atoms with Gasteiger partial charge in [-0.05, 0) is 46.6 Å². The number of amides is 1. The van der Waals surface area contributed by atoms with Crippen LogP contribution in [0, 0.1) is 5.82 Å². The van der Waals surface area contributed by atoms with E-state index in [1.165, 1.54) is 6.92 Å². The molecule has 1 amide bonds. The summed E-state index contributed by atoms with van der Waals surface area (Å²) in [6, 6.07) is 11.4. The number of nitrogens with one attached hydrogen (secondary N) is 1. The number of sulfonamides is 1. The lowest BCUT2D eigenvalue weighted by atomic mass is 9.93. The van der Waals surface area contributed by atoms with Gasteiger partial charge in [-0.3, -0.25) is 4.79 Å². The molecular weight excluding hydrogens is 387 g/mol. The standard InChI is InChI=1S/C15H14BrFN2O3S/c1-15(14(18)20,10-5-3-2-4-6-10)19-23(21,22)13-8-7-11(17)9-12(13)16/h2-9,19H,1H3,(H2,18,20)/t15-/m1/s1. The lowest BCUT2D eigenvalue weighted by Crippen LogP contribution is -2.52. The monoisotopic (exact) mass is 400 g/mol. The van der Waals surface area contributed by atoms with Crippen molar-refractivity contribution in [2.45, 2.75) is 17.4 Å². The highest BCUT2D eigenvalue weighted by Crippen LogP contribution is 2.27. The number of benzene rings is 2. The second-order valence-electron chi connectivity index (χ2n) is 5.04. The van der Waals surface area contributed by atoms with Crippen LogP contribution in [0.5, 0.6) is 0 Å². The number of hydrogen-bond donors (Lipinski definition) is 2. The number of nitrogens with two attached hydrogens (primary N) is 1. The molecule has 5 nitrogen and oxygen atoms in total. The molecule has 122 valence electrons. The van der Waals surface area contributed by atoms with E-state index in [0.717, 1.165) is 18.2 Å². The summed E-state index contributed by atoms with van der Waals surface area (Å²) in [7, 11) is -4.12. The minimum Gasteiger partial charge on any atom is -0.368 e. The summed E-state index contributed by atoms with van der Waals surface area (Å²) in [6.07, 6.45) is 0. The fraction of sp³-hybridized carbons (Fsp3) is 0.133. The van der Waals surface area contributed by atoms with Crippen molar-refractivity contribution in [3.63, 3.8) is 0 Å². The second-order valence-corrected chi connectivity index (χ2v) is 7.54. The Morgan fingerprint density at radius 1 is 1.22 bits per heavy atom. The molecule has 0 aliphatic carbocycles. The van der Waals surface area contributed by atoms with Gasteiger partial charge in [0.1, 0.15) is 11.4 Å². The highest BCUT2D eigenvalue weighted by Gasteiger charge is 2.38. The van der Waals surface area contributed by atoms with Gasteiger partial charge in [-0.2, -0.15) is 4.72 Å². The summed E-state index contributed by atoms with van der Waals surface area (Å²) < 4.78 is 40.7. The van der Waals surface area contributed by atoms with Gasteiger partial charge < -0.3 is 5.73 Å². The first kappa shape index (κ1) is 17.6. The zero-order valence-electron chi connectivity index (χ0n) is 12.1. The molecule has 8 heteroatoms. The third kappa shape index (κ3) is 3.60. The zero-order chi connectivity index (χ0) is 17.3. The van der Waals surface area contributed by atoms with Crippen molar-refractivity contribution >= 4 is 31.9 Å². The van der Waals surface area contributed by atoms with Crippen LogP contribution in [0.25, 0.3) is 0 Å². The molecule has 0 fully saturated rings. The molecule has 0 aliphatic rings. The lowest BCUT2D eigenvalue weighted by Gasteiger charge is -2.27. The summed E-state index contributed by atoms with van der Waals surface area (Å²) in [4.78, 5) is 11.7. The SMILES string of the molecule is C[C@](NS(=O)(=O)c1ccc(F)cc1Br)(C(N)=O)c1ccccc1. The van der Waals surface area contributed by atoms with Gasteiger partial charge in [0.25, 0.3) is 0 Å². The van der Waals surface area contributed by atoms with Crippen molar-refractivity contribution < 1.29 is 17.6 Å². The molecule has 2 rings (SSSR count). The Labute approximate surface area is 141 Å². The van der Waals surface area contributed by atoms with Gasteiger partial charge in [0.05, 0.1) is 4.90 Å². The van der Waals surface area contributed by atoms with E-state index < -0.39 is 27.3 Å². The first-order valence-corrected chi connectivity index (χ1v) is 8.79. The number of carbonyl (C=O) groups excluding carboxylic acids is 1. The highest BCUT2D eigenvalue weighted by atomic mass is 79.9. The molecule has 0 saturated heterocycles. The third-order valence-electron chi connectivity index (χ3n) is 3.37. The Kier molecular flexibility index (Phi) is 4.88. The number of hydrogen-bond acceptors (Lipinski definition) is 3. The average molecular weight is 401 g/mol. The second kappa shape index (κ2) is 6.38. The summed E-state index contributed by atoms with van der Waals surface area (Å²) in [6.45, 7) is 1.37. The maximum Gasteiger partial charge on any atom is 0.243 e. The van der Waals surface area contributed by atoms with Crippen molar-refractivity contribution in [2.24, 2.45) is 5.73 Å². The van der Waals surface area contributed by atoms with Crippen LogP contribution in [-0.2, 0) is 20.4 Å². The number of rotatable bonds is 5. The molecule has 0 aromatic heterocycles. The maximum absolute atomic E-state index is 13.1. The number of carbonyl (C=O) groups is 1. The van der Waals surface area contributed by atoms with Gasteiger partial charge in [-0.25, -0.2) is 12.8 Å². The lowest BCUT2D eigenvalue weighted by molar-refractivity contribution is -0.123. The van der Waals surface area contributed by atoms with Crippen LogP contribution in [0.4, 0.5) is 4.39 Å². The minimum absolute atomic E-state index is 0.0462. The van der Waals surface area contributed by atoms with E-state index in [1.54, 1.807) is 30.3 Å². The van der Waals surface area contributed by atoms with Crippen LogP contribution in [0.3, 0.4) is 0 Å². The summed E-state index contributed by atoms with van der Waals surface area (Å²) >= 11 is 3.01. The van der Waals surface area contributed by atoms with E-state index in [9.17, 15) is 17.6 Å². The van der Waals surface area contributed by atoms with E-state index in [0.29, 0.717) is 5.56 Å². The Bertz CT molecular complexity index is 843. The Morgan fingerprint density at radius 2 is 1.83 bits per heavy atom. The zero-order valence-corrected chi connectivity index (χ0v) is 14.5. The molecule has 0 radical (unpaired) electrons. The molecular formula is C15H14BrFN2O3S. The molecule has 0 bridgehead atoms. The quantitative estimate of drug-likeness (QED) is 0.806. The molecule has 0 saturated carbocycles. The highest BCUT2D eigenvalue weighted by molar-refractivity contribution is 9.10. The minimum atomic E-state index is -4.12. The molecule has 0 spiro atoms. The van der Waals surface area contributed by atoms with Crippen molar-refractivity contribution in [2.75, 3.05) is 0 Å². The van der Waals surface area contributed by atoms with Gasteiger partial charge in [-0.1, -0.05) is 30.3 Å². The maximum atomic E-state index is 13.1. The molecule has 2 aromatic rings. The molecule has 0 heterocycles. The molecule has 0 aliphatic heterocycles. The number of halogens is 2. The third-order valence-corrected chi connectivity index (χ3v) is 5.90. The molecule has 23 heavy (non-hydrogen) atoms. The van der Waals surface area contributed by atoms with Crippen molar-refractivity contribution in [3.8, 4) is 0 Å². The van der Waals surface area contributed by atoms with E-state index in [2.05, 4.69) is 20.7 Å². The Hall–Kier alpha value is -1.77. The van der Waals surface area contributed by atoms with Gasteiger partial charge in [0, 0.05) is 4.47 Å². The van der Waals surface area contributed by atoms with Crippen LogP contribution >= 0.6 is 15.9 Å². The summed E-state index contributed by atoms with van der Waals surface area (Å²) in [5.74, 6) is -1.44. The van der Waals surface area contributed by atoms with Crippen LogP contribution in [0.15, 0.2) is 57.9 Å². The molecule has 0 unspecified atom stereocenters. The largest absolute Gasteiger partial charge is 0.368 e. The topological polar surface area (TPSA) is 89.3 Å². The summed E-state index contributed by atoms with van der Waals surface area (Å²) in [5, 5.41) is 0.